The van der Waals surface area contributed by atoms with Gasteiger partial charge in [0.1, 0.15) is 0 Å². The highest BCUT2D eigenvalue weighted by Crippen LogP contribution is 2.39. The van der Waals surface area contributed by atoms with Crippen LogP contribution >= 0.6 is 11.3 Å². The van der Waals surface area contributed by atoms with Gasteiger partial charge in [0.15, 0.2) is 0 Å². The molecule has 112 valence electrons. The molecule has 2 bridgehead atoms. The van der Waals surface area contributed by atoms with Crippen LogP contribution in [0.4, 0.5) is 0 Å². The molecular weight excluding hydrogens is 264 g/mol. The van der Waals surface area contributed by atoms with E-state index in [0.29, 0.717) is 6.04 Å². The molecular formula is C17H28N2S. The molecule has 2 aliphatic rings. The summed E-state index contributed by atoms with van der Waals surface area (Å²) in [5, 5.41) is 8.38. The lowest BCUT2D eigenvalue weighted by atomic mass is 9.83. The molecule has 0 aromatic carbocycles. The molecule has 3 heteroatoms. The summed E-state index contributed by atoms with van der Waals surface area (Å²) in [6.45, 7) is 3.43. The molecule has 0 saturated carbocycles. The highest BCUT2D eigenvalue weighted by atomic mass is 32.1. The number of piperidine rings is 1. The third-order valence-electron chi connectivity index (χ3n) is 5.40. The van der Waals surface area contributed by atoms with E-state index in [0.717, 1.165) is 24.5 Å². The van der Waals surface area contributed by atoms with Crippen LogP contribution in [0.25, 0.3) is 0 Å². The Morgan fingerprint density at radius 3 is 2.70 bits per heavy atom. The second-order valence-corrected chi connectivity index (χ2v) is 7.46. The summed E-state index contributed by atoms with van der Waals surface area (Å²) in [4.78, 5) is 2.65. The molecule has 2 aliphatic heterocycles. The van der Waals surface area contributed by atoms with E-state index in [1.54, 1.807) is 0 Å². The van der Waals surface area contributed by atoms with Crippen molar-refractivity contribution in [3.05, 3.63) is 22.4 Å². The molecule has 0 amide bonds. The van der Waals surface area contributed by atoms with Gasteiger partial charge in [-0.15, -0.1) is 0 Å². The van der Waals surface area contributed by atoms with Crippen molar-refractivity contribution < 1.29 is 0 Å². The molecule has 3 rings (SSSR count). The summed E-state index contributed by atoms with van der Waals surface area (Å²) in [5.41, 5.74) is 1.52. The van der Waals surface area contributed by atoms with Crippen LogP contribution in [-0.4, -0.2) is 36.6 Å². The van der Waals surface area contributed by atoms with Crippen LogP contribution in [0.1, 0.15) is 44.6 Å². The molecule has 1 N–H and O–H groups in total. The minimum absolute atomic E-state index is 0.682. The van der Waals surface area contributed by atoms with Crippen LogP contribution in [0.3, 0.4) is 0 Å². The Kier molecular flexibility index (Phi) is 4.79. The molecule has 3 unspecified atom stereocenters. The highest BCUT2D eigenvalue weighted by molar-refractivity contribution is 7.07. The van der Waals surface area contributed by atoms with Gasteiger partial charge in [0.25, 0.3) is 0 Å². The molecule has 2 fully saturated rings. The predicted octanol–water partition coefficient (Wildman–Crippen LogP) is 3.53. The zero-order valence-electron chi connectivity index (χ0n) is 12.8. The minimum Gasteiger partial charge on any atom is -0.313 e. The molecule has 0 aliphatic carbocycles. The lowest BCUT2D eigenvalue weighted by molar-refractivity contribution is 0.112. The molecule has 2 nitrogen and oxygen atoms in total. The molecule has 1 aromatic heterocycles. The first kappa shape index (κ1) is 14.6. The topological polar surface area (TPSA) is 15.3 Å². The predicted molar refractivity (Wildman–Crippen MR) is 87.4 cm³/mol. The van der Waals surface area contributed by atoms with Gasteiger partial charge in [-0.05, 0) is 80.4 Å². The highest BCUT2D eigenvalue weighted by Gasteiger charge is 2.40. The summed E-state index contributed by atoms with van der Waals surface area (Å²) < 4.78 is 0. The van der Waals surface area contributed by atoms with Crippen LogP contribution in [0.15, 0.2) is 16.8 Å². The standard InChI is InChI=1S/C17H28N2S/c1-3-7-18-17(9-13-6-8-20-12-13)14-10-15-4-5-16(11-14)19(15)2/h6,8,12,14-18H,3-5,7,9-11H2,1-2H3. The fourth-order valence-electron chi connectivity index (χ4n) is 4.18. The Morgan fingerprint density at radius 2 is 2.10 bits per heavy atom. The quantitative estimate of drug-likeness (QED) is 0.863. The Balaban J connectivity index is 1.66. The SMILES string of the molecule is CCCNC(Cc1ccsc1)C1CC2CCC(C1)N2C. The van der Waals surface area contributed by atoms with Gasteiger partial charge in [0.2, 0.25) is 0 Å². The normalized spacial score (nSPS) is 31.6. The van der Waals surface area contributed by atoms with Crippen LogP contribution in [0, 0.1) is 5.92 Å². The first-order valence-electron chi connectivity index (χ1n) is 8.24. The zero-order valence-corrected chi connectivity index (χ0v) is 13.7. The maximum Gasteiger partial charge on any atom is 0.0137 e. The van der Waals surface area contributed by atoms with E-state index in [1.807, 2.05) is 11.3 Å². The molecule has 0 spiro atoms. The summed E-state index contributed by atoms with van der Waals surface area (Å²) in [6.07, 6.45) is 8.11. The maximum absolute atomic E-state index is 3.85. The lowest BCUT2D eigenvalue weighted by Gasteiger charge is -2.40. The fourth-order valence-corrected chi connectivity index (χ4v) is 4.86. The molecule has 20 heavy (non-hydrogen) atoms. The molecule has 2 saturated heterocycles. The van der Waals surface area contributed by atoms with Gasteiger partial charge in [-0.1, -0.05) is 6.92 Å². The fraction of sp³-hybridized carbons (Fsp3) is 0.765. The Morgan fingerprint density at radius 1 is 1.35 bits per heavy atom. The number of thiophene rings is 1. The van der Waals surface area contributed by atoms with Crippen molar-refractivity contribution in [2.24, 2.45) is 5.92 Å². The second-order valence-electron chi connectivity index (χ2n) is 6.68. The van der Waals surface area contributed by atoms with Gasteiger partial charge in [-0.3, -0.25) is 0 Å². The van der Waals surface area contributed by atoms with E-state index in [-0.39, 0.29) is 0 Å². The molecule has 3 atom stereocenters. The summed E-state index contributed by atoms with van der Waals surface area (Å²) in [7, 11) is 2.34. The zero-order chi connectivity index (χ0) is 13.9. The van der Waals surface area contributed by atoms with E-state index in [4.69, 9.17) is 0 Å². The van der Waals surface area contributed by atoms with Gasteiger partial charge in [0.05, 0.1) is 0 Å². The van der Waals surface area contributed by atoms with Gasteiger partial charge in [-0.2, -0.15) is 11.3 Å². The van der Waals surface area contributed by atoms with E-state index in [9.17, 15) is 0 Å². The van der Waals surface area contributed by atoms with Crippen molar-refractivity contribution >= 4 is 11.3 Å². The first-order chi connectivity index (χ1) is 9.78. The number of hydrogen-bond donors (Lipinski definition) is 1. The smallest absolute Gasteiger partial charge is 0.0137 e. The van der Waals surface area contributed by atoms with Crippen molar-refractivity contribution in [3.63, 3.8) is 0 Å². The maximum atomic E-state index is 3.85. The Bertz CT molecular complexity index is 389. The van der Waals surface area contributed by atoms with Gasteiger partial charge < -0.3 is 10.2 Å². The monoisotopic (exact) mass is 292 g/mol. The summed E-state index contributed by atoms with van der Waals surface area (Å²) in [6, 6.07) is 4.69. The van der Waals surface area contributed by atoms with E-state index in [1.165, 1.54) is 44.1 Å². The van der Waals surface area contributed by atoms with Crippen LogP contribution in [0.2, 0.25) is 0 Å². The van der Waals surface area contributed by atoms with Crippen LogP contribution in [-0.2, 0) is 6.42 Å². The third-order valence-corrected chi connectivity index (χ3v) is 6.13. The van der Waals surface area contributed by atoms with E-state index in [2.05, 4.69) is 41.0 Å². The Hall–Kier alpha value is -0.380. The molecule has 1 aromatic rings. The third kappa shape index (κ3) is 3.10. The summed E-state index contributed by atoms with van der Waals surface area (Å²) >= 11 is 1.83. The van der Waals surface area contributed by atoms with Gasteiger partial charge >= 0.3 is 0 Å². The average Bonchev–Trinajstić information content (AvgIpc) is 3.00. The van der Waals surface area contributed by atoms with Crippen molar-refractivity contribution in [1.82, 2.24) is 10.2 Å². The van der Waals surface area contributed by atoms with Crippen molar-refractivity contribution in [3.8, 4) is 0 Å². The van der Waals surface area contributed by atoms with Crippen LogP contribution in [0.5, 0.6) is 0 Å². The molecule has 0 radical (unpaired) electrons. The van der Waals surface area contributed by atoms with Crippen molar-refractivity contribution in [2.45, 2.75) is 63.6 Å². The van der Waals surface area contributed by atoms with Crippen LogP contribution < -0.4 is 5.32 Å². The number of nitrogens with one attached hydrogen (secondary N) is 1. The van der Waals surface area contributed by atoms with Crippen molar-refractivity contribution in [1.29, 1.82) is 0 Å². The second kappa shape index (κ2) is 6.59. The number of rotatable bonds is 6. The summed E-state index contributed by atoms with van der Waals surface area (Å²) in [5.74, 6) is 0.871. The lowest BCUT2D eigenvalue weighted by Crippen LogP contribution is -2.48. The Labute approximate surface area is 127 Å². The van der Waals surface area contributed by atoms with Gasteiger partial charge in [0, 0.05) is 18.1 Å². The largest absolute Gasteiger partial charge is 0.313 e. The van der Waals surface area contributed by atoms with E-state index >= 15 is 0 Å². The van der Waals surface area contributed by atoms with Crippen molar-refractivity contribution in [2.75, 3.05) is 13.6 Å². The number of fused-ring (bicyclic) bond motifs is 2. The number of nitrogens with zero attached hydrogens (tertiary/aromatic N) is 1. The van der Waals surface area contributed by atoms with E-state index < -0.39 is 0 Å². The van der Waals surface area contributed by atoms with Gasteiger partial charge in [-0.25, -0.2) is 0 Å². The minimum atomic E-state index is 0.682. The average molecular weight is 292 g/mol. The molecule has 3 heterocycles. The number of hydrogen-bond acceptors (Lipinski definition) is 3. The first-order valence-corrected chi connectivity index (χ1v) is 9.18.